The molecule has 0 atom stereocenters. The van der Waals surface area contributed by atoms with E-state index in [0.29, 0.717) is 10.6 Å². The van der Waals surface area contributed by atoms with Crippen LogP contribution in [0.1, 0.15) is 24.2 Å². The fourth-order valence-corrected chi connectivity index (χ4v) is 1.81. The number of nitrogens with one attached hydrogen (secondary N) is 3. The highest BCUT2D eigenvalue weighted by Gasteiger charge is 2.11. The second-order valence-electron chi connectivity index (χ2n) is 4.81. The minimum atomic E-state index is -0.465. The van der Waals surface area contributed by atoms with Gasteiger partial charge >= 0.3 is 0 Å². The minimum Gasteiger partial charge on any atom is -0.352 e. The van der Waals surface area contributed by atoms with Crippen LogP contribution in [-0.2, 0) is 9.59 Å². The van der Waals surface area contributed by atoms with Crippen molar-refractivity contribution >= 4 is 40.9 Å². The van der Waals surface area contributed by atoms with Gasteiger partial charge in [-0.3, -0.25) is 14.4 Å². The van der Waals surface area contributed by atoms with Crippen LogP contribution in [0.4, 0.5) is 0 Å². The van der Waals surface area contributed by atoms with Gasteiger partial charge in [0.2, 0.25) is 11.8 Å². The zero-order valence-corrected chi connectivity index (χ0v) is 13.7. The van der Waals surface area contributed by atoms with E-state index in [1.807, 2.05) is 13.8 Å². The van der Waals surface area contributed by atoms with Crippen molar-refractivity contribution in [3.8, 4) is 0 Å². The summed E-state index contributed by atoms with van der Waals surface area (Å²) in [6.07, 6.45) is 0. The van der Waals surface area contributed by atoms with E-state index in [2.05, 4.69) is 16.0 Å². The molecule has 0 aliphatic rings. The van der Waals surface area contributed by atoms with Crippen molar-refractivity contribution in [1.29, 1.82) is 0 Å². The quantitative estimate of drug-likeness (QED) is 0.727. The van der Waals surface area contributed by atoms with E-state index in [-0.39, 0.29) is 30.1 Å². The van der Waals surface area contributed by atoms with E-state index in [0.717, 1.165) is 0 Å². The minimum absolute atomic E-state index is 0.00115. The van der Waals surface area contributed by atoms with Crippen LogP contribution in [0.3, 0.4) is 0 Å². The van der Waals surface area contributed by atoms with E-state index < -0.39 is 11.8 Å². The Morgan fingerprint density at radius 1 is 1.00 bits per heavy atom. The normalized spacial score (nSPS) is 10.2. The van der Waals surface area contributed by atoms with Crippen LogP contribution in [0.25, 0.3) is 0 Å². The molecule has 0 aromatic heterocycles. The molecule has 3 N–H and O–H groups in total. The second kappa shape index (κ2) is 8.60. The highest BCUT2D eigenvalue weighted by molar-refractivity contribution is 6.42. The van der Waals surface area contributed by atoms with Crippen molar-refractivity contribution in [3.63, 3.8) is 0 Å². The number of amides is 3. The number of hydrogen-bond acceptors (Lipinski definition) is 3. The van der Waals surface area contributed by atoms with Crippen molar-refractivity contribution in [2.75, 3.05) is 13.1 Å². The monoisotopic (exact) mass is 345 g/mol. The molecule has 1 aromatic carbocycles. The average molecular weight is 346 g/mol. The first-order valence-electron chi connectivity index (χ1n) is 6.59. The molecule has 3 amide bonds. The van der Waals surface area contributed by atoms with E-state index >= 15 is 0 Å². The fourth-order valence-electron chi connectivity index (χ4n) is 1.51. The van der Waals surface area contributed by atoms with Crippen molar-refractivity contribution in [3.05, 3.63) is 33.8 Å². The molecule has 0 aliphatic carbocycles. The number of benzene rings is 1. The molecule has 0 saturated heterocycles. The number of hydrogen-bond donors (Lipinski definition) is 3. The van der Waals surface area contributed by atoms with Crippen LogP contribution < -0.4 is 16.0 Å². The third kappa shape index (κ3) is 6.32. The van der Waals surface area contributed by atoms with Gasteiger partial charge in [-0.25, -0.2) is 0 Å². The van der Waals surface area contributed by atoms with E-state index in [4.69, 9.17) is 23.2 Å². The maximum atomic E-state index is 11.8. The molecule has 0 spiro atoms. The van der Waals surface area contributed by atoms with Crippen LogP contribution in [0.2, 0.25) is 10.0 Å². The smallest absolute Gasteiger partial charge is 0.251 e. The Balaban J connectivity index is 2.38. The van der Waals surface area contributed by atoms with E-state index in [1.54, 1.807) is 0 Å². The molecule has 0 heterocycles. The van der Waals surface area contributed by atoms with Gasteiger partial charge in [0.1, 0.15) is 0 Å². The highest BCUT2D eigenvalue weighted by atomic mass is 35.5. The second-order valence-corrected chi connectivity index (χ2v) is 5.62. The molecule has 0 saturated carbocycles. The lowest BCUT2D eigenvalue weighted by Crippen LogP contribution is -2.43. The summed E-state index contributed by atoms with van der Waals surface area (Å²) >= 11 is 11.6. The summed E-state index contributed by atoms with van der Waals surface area (Å²) < 4.78 is 0. The van der Waals surface area contributed by atoms with Gasteiger partial charge in [-0.1, -0.05) is 23.2 Å². The van der Waals surface area contributed by atoms with Crippen molar-refractivity contribution in [2.24, 2.45) is 0 Å². The number of carbonyl (C=O) groups excluding carboxylic acids is 3. The van der Waals surface area contributed by atoms with Gasteiger partial charge < -0.3 is 16.0 Å². The van der Waals surface area contributed by atoms with Crippen LogP contribution in [-0.4, -0.2) is 36.9 Å². The van der Waals surface area contributed by atoms with Crippen LogP contribution in [0.15, 0.2) is 18.2 Å². The zero-order chi connectivity index (χ0) is 16.7. The van der Waals surface area contributed by atoms with Crippen LogP contribution >= 0.6 is 23.2 Å². The molecule has 0 radical (unpaired) electrons. The van der Waals surface area contributed by atoms with Crippen molar-refractivity contribution in [2.45, 2.75) is 19.9 Å². The van der Waals surface area contributed by atoms with Gasteiger partial charge in [0.15, 0.2) is 0 Å². The molecule has 1 aromatic rings. The number of rotatable bonds is 6. The molecule has 0 fully saturated rings. The molecule has 8 heteroatoms. The predicted molar refractivity (Wildman–Crippen MR) is 85.1 cm³/mol. The summed E-state index contributed by atoms with van der Waals surface area (Å²) in [5.74, 6) is -1.22. The van der Waals surface area contributed by atoms with Gasteiger partial charge in [0.25, 0.3) is 5.91 Å². The first-order valence-corrected chi connectivity index (χ1v) is 7.34. The van der Waals surface area contributed by atoms with Crippen LogP contribution in [0.5, 0.6) is 0 Å². The molecule has 120 valence electrons. The largest absolute Gasteiger partial charge is 0.352 e. The van der Waals surface area contributed by atoms with E-state index in [9.17, 15) is 14.4 Å². The van der Waals surface area contributed by atoms with Crippen LogP contribution in [0, 0.1) is 0 Å². The molecule has 22 heavy (non-hydrogen) atoms. The Hall–Kier alpha value is -1.79. The maximum Gasteiger partial charge on any atom is 0.251 e. The number of halogens is 2. The molecule has 6 nitrogen and oxygen atoms in total. The predicted octanol–water partition coefficient (Wildman–Crippen LogP) is 1.36. The maximum absolute atomic E-state index is 11.8. The average Bonchev–Trinajstić information content (AvgIpc) is 2.44. The lowest BCUT2D eigenvalue weighted by atomic mass is 10.2. The van der Waals surface area contributed by atoms with Crippen molar-refractivity contribution in [1.82, 2.24) is 16.0 Å². The van der Waals surface area contributed by atoms with Gasteiger partial charge in [-0.15, -0.1) is 0 Å². The molecule has 1 rings (SSSR count). The molecule has 0 unspecified atom stereocenters. The Morgan fingerprint density at radius 3 is 2.23 bits per heavy atom. The lowest BCUT2D eigenvalue weighted by molar-refractivity contribution is -0.125. The summed E-state index contributed by atoms with van der Waals surface area (Å²) in [6, 6.07) is 4.40. The molecule has 0 bridgehead atoms. The first-order chi connectivity index (χ1) is 10.3. The molecular formula is C14H17Cl2N3O3. The molecular weight excluding hydrogens is 329 g/mol. The SMILES string of the molecule is CC(C)NC(=O)CNC(=O)CNC(=O)c1ccc(Cl)c(Cl)c1. The summed E-state index contributed by atoms with van der Waals surface area (Å²) in [5, 5.41) is 8.05. The van der Waals surface area contributed by atoms with Gasteiger partial charge in [-0.2, -0.15) is 0 Å². The summed E-state index contributed by atoms with van der Waals surface area (Å²) in [6.45, 7) is 3.25. The standard InChI is InChI=1S/C14H17Cl2N3O3/c1-8(2)19-13(21)7-17-12(20)6-18-14(22)9-3-4-10(15)11(16)5-9/h3-5,8H,6-7H2,1-2H3,(H,17,20)(H,18,22)(H,19,21). The summed E-state index contributed by atoms with van der Waals surface area (Å²) in [7, 11) is 0. The summed E-state index contributed by atoms with van der Waals surface area (Å²) in [4.78, 5) is 34.7. The summed E-state index contributed by atoms with van der Waals surface area (Å²) in [5.41, 5.74) is 0.291. The zero-order valence-electron chi connectivity index (χ0n) is 12.2. The fraction of sp³-hybridized carbons (Fsp3) is 0.357. The lowest BCUT2D eigenvalue weighted by Gasteiger charge is -2.10. The highest BCUT2D eigenvalue weighted by Crippen LogP contribution is 2.22. The Morgan fingerprint density at radius 2 is 1.64 bits per heavy atom. The van der Waals surface area contributed by atoms with E-state index in [1.165, 1.54) is 18.2 Å². The topological polar surface area (TPSA) is 87.3 Å². The van der Waals surface area contributed by atoms with Gasteiger partial charge in [-0.05, 0) is 32.0 Å². The molecule has 0 aliphatic heterocycles. The first kappa shape index (κ1) is 18.3. The number of carbonyl (C=O) groups is 3. The van der Waals surface area contributed by atoms with Gasteiger partial charge in [0.05, 0.1) is 23.1 Å². The van der Waals surface area contributed by atoms with Gasteiger partial charge in [0, 0.05) is 11.6 Å². The Labute approximate surface area is 138 Å². The Bertz CT molecular complexity index is 576. The van der Waals surface area contributed by atoms with Crippen molar-refractivity contribution < 1.29 is 14.4 Å². The third-order valence-corrected chi connectivity index (χ3v) is 3.23. The Kier molecular flexibility index (Phi) is 7.14. The third-order valence-electron chi connectivity index (χ3n) is 2.49.